The molecule has 0 saturated carbocycles. The number of nitrogens with two attached hydrogens (primary N) is 1. The quantitative estimate of drug-likeness (QED) is 0.783. The lowest BCUT2D eigenvalue weighted by Crippen LogP contribution is -2.33. The number of halogens is 1. The van der Waals surface area contributed by atoms with Gasteiger partial charge in [0.25, 0.3) is 5.91 Å². The Labute approximate surface area is 95.0 Å². The Morgan fingerprint density at radius 2 is 2.00 bits per heavy atom. The van der Waals surface area contributed by atoms with Crippen LogP contribution in [-0.4, -0.2) is 23.9 Å². The third kappa shape index (κ3) is 2.32. The Morgan fingerprint density at radius 3 is 2.50 bits per heavy atom. The van der Waals surface area contributed by atoms with Gasteiger partial charge in [0.15, 0.2) is 0 Å². The summed E-state index contributed by atoms with van der Waals surface area (Å²) in [4.78, 5) is 13.4. The summed E-state index contributed by atoms with van der Waals surface area (Å²) in [5, 5.41) is 0. The van der Waals surface area contributed by atoms with Crippen LogP contribution in [0.2, 0.25) is 0 Å². The van der Waals surface area contributed by atoms with E-state index >= 15 is 0 Å². The highest BCUT2D eigenvalue weighted by atomic mass is 19.1. The summed E-state index contributed by atoms with van der Waals surface area (Å²) in [5.74, 6) is -0.838. The summed E-state index contributed by atoms with van der Waals surface area (Å²) in [6, 6.07) is 2.92. The molecular weight excluding hydrogens is 207 g/mol. The highest BCUT2D eigenvalue weighted by molar-refractivity contribution is 5.95. The topological polar surface area (TPSA) is 46.3 Å². The Kier molecular flexibility index (Phi) is 3.52. The number of nitrogens with zero attached hydrogens (tertiary/aromatic N) is 1. The number of hydrogen-bond donors (Lipinski definition) is 1. The Balaban J connectivity index is 3.18. The molecule has 0 aliphatic heterocycles. The molecule has 0 aromatic heterocycles. The van der Waals surface area contributed by atoms with Crippen molar-refractivity contribution in [2.75, 3.05) is 12.8 Å². The maximum Gasteiger partial charge on any atom is 0.256 e. The van der Waals surface area contributed by atoms with Gasteiger partial charge in [-0.1, -0.05) is 0 Å². The molecule has 1 aromatic carbocycles. The number of rotatable bonds is 2. The molecule has 0 radical (unpaired) electrons. The number of benzene rings is 1. The molecule has 88 valence electrons. The van der Waals surface area contributed by atoms with E-state index in [0.717, 1.165) is 0 Å². The van der Waals surface area contributed by atoms with Crippen LogP contribution in [0.3, 0.4) is 0 Å². The lowest BCUT2D eigenvalue weighted by atomic mass is 10.1. The molecule has 3 nitrogen and oxygen atoms in total. The van der Waals surface area contributed by atoms with Gasteiger partial charge in [0.1, 0.15) is 5.82 Å². The average Bonchev–Trinajstić information content (AvgIpc) is 2.21. The first-order valence-electron chi connectivity index (χ1n) is 5.17. The van der Waals surface area contributed by atoms with Gasteiger partial charge in [-0.3, -0.25) is 4.79 Å². The molecule has 0 heterocycles. The van der Waals surface area contributed by atoms with Gasteiger partial charge < -0.3 is 10.6 Å². The molecule has 16 heavy (non-hydrogen) atoms. The van der Waals surface area contributed by atoms with Gasteiger partial charge in [-0.2, -0.15) is 0 Å². The van der Waals surface area contributed by atoms with Gasteiger partial charge >= 0.3 is 0 Å². The number of carbonyl (C=O) groups excluding carboxylic acids is 1. The van der Waals surface area contributed by atoms with Crippen molar-refractivity contribution in [1.82, 2.24) is 4.90 Å². The fourth-order valence-electron chi connectivity index (χ4n) is 1.38. The van der Waals surface area contributed by atoms with Crippen LogP contribution in [0, 0.1) is 12.7 Å². The molecule has 0 aliphatic rings. The minimum absolute atomic E-state index is 0.0219. The van der Waals surface area contributed by atoms with E-state index in [1.165, 1.54) is 17.0 Å². The van der Waals surface area contributed by atoms with Crippen LogP contribution < -0.4 is 5.73 Å². The predicted molar refractivity (Wildman–Crippen MR) is 62.8 cm³/mol. The first-order valence-corrected chi connectivity index (χ1v) is 5.17. The molecular formula is C12H17FN2O. The largest absolute Gasteiger partial charge is 0.399 e. The third-order valence-electron chi connectivity index (χ3n) is 2.60. The van der Waals surface area contributed by atoms with E-state index in [1.807, 2.05) is 13.8 Å². The summed E-state index contributed by atoms with van der Waals surface area (Å²) in [5.41, 5.74) is 6.43. The summed E-state index contributed by atoms with van der Waals surface area (Å²) >= 11 is 0. The monoisotopic (exact) mass is 224 g/mol. The molecule has 0 aliphatic carbocycles. The molecule has 0 bridgehead atoms. The molecule has 0 fully saturated rings. The van der Waals surface area contributed by atoms with Crippen molar-refractivity contribution in [3.63, 3.8) is 0 Å². The van der Waals surface area contributed by atoms with Crippen LogP contribution >= 0.6 is 0 Å². The predicted octanol–water partition coefficient (Wildman–Crippen LogP) is 2.20. The summed E-state index contributed by atoms with van der Waals surface area (Å²) in [7, 11) is 1.64. The summed E-state index contributed by atoms with van der Waals surface area (Å²) in [6.07, 6.45) is 0. The Morgan fingerprint density at radius 1 is 1.44 bits per heavy atom. The minimum atomic E-state index is -0.494. The van der Waals surface area contributed by atoms with Crippen LogP contribution in [0.25, 0.3) is 0 Å². The second-order valence-electron chi connectivity index (χ2n) is 4.21. The van der Waals surface area contributed by atoms with Crippen molar-refractivity contribution < 1.29 is 9.18 Å². The molecule has 0 saturated heterocycles. The number of amides is 1. The van der Waals surface area contributed by atoms with Crippen molar-refractivity contribution in [3.8, 4) is 0 Å². The van der Waals surface area contributed by atoms with Gasteiger partial charge in [0.05, 0.1) is 5.56 Å². The number of carbonyl (C=O) groups is 1. The molecule has 2 N–H and O–H groups in total. The Hall–Kier alpha value is -1.58. The van der Waals surface area contributed by atoms with Crippen LogP contribution in [0.5, 0.6) is 0 Å². The zero-order valence-electron chi connectivity index (χ0n) is 10.0. The van der Waals surface area contributed by atoms with Crippen molar-refractivity contribution in [3.05, 3.63) is 29.1 Å². The number of hydrogen-bond acceptors (Lipinski definition) is 2. The molecule has 0 atom stereocenters. The average molecular weight is 224 g/mol. The highest BCUT2D eigenvalue weighted by Crippen LogP contribution is 2.19. The number of anilines is 1. The summed E-state index contributed by atoms with van der Waals surface area (Å²) < 4.78 is 13.8. The number of aryl methyl sites for hydroxylation is 1. The van der Waals surface area contributed by atoms with Gasteiger partial charge in [0.2, 0.25) is 0 Å². The maximum atomic E-state index is 13.8. The smallest absolute Gasteiger partial charge is 0.256 e. The van der Waals surface area contributed by atoms with Crippen molar-refractivity contribution in [2.24, 2.45) is 0 Å². The normalized spacial score (nSPS) is 10.6. The molecule has 1 rings (SSSR count). The molecule has 0 spiro atoms. The minimum Gasteiger partial charge on any atom is -0.399 e. The van der Waals surface area contributed by atoms with Crippen LogP contribution in [-0.2, 0) is 0 Å². The fraction of sp³-hybridized carbons (Fsp3) is 0.417. The maximum absolute atomic E-state index is 13.8. The van der Waals surface area contributed by atoms with Gasteiger partial charge in [-0.25, -0.2) is 4.39 Å². The van der Waals surface area contributed by atoms with Crippen molar-refractivity contribution >= 4 is 11.6 Å². The van der Waals surface area contributed by atoms with Crippen LogP contribution in [0.4, 0.5) is 10.1 Å². The van der Waals surface area contributed by atoms with E-state index in [1.54, 1.807) is 14.0 Å². The lowest BCUT2D eigenvalue weighted by molar-refractivity contribution is 0.0750. The van der Waals surface area contributed by atoms with E-state index in [9.17, 15) is 9.18 Å². The SMILES string of the molecule is Cc1cc(N)cc(C(=O)N(C)C(C)C)c1F. The molecule has 1 aromatic rings. The standard InChI is InChI=1S/C12H17FN2O/c1-7(2)15(4)12(16)10-6-9(14)5-8(3)11(10)13/h5-7H,14H2,1-4H3. The fourth-order valence-corrected chi connectivity index (χ4v) is 1.38. The molecule has 4 heteroatoms. The Bertz CT molecular complexity index is 416. The third-order valence-corrected chi connectivity index (χ3v) is 2.60. The zero-order valence-corrected chi connectivity index (χ0v) is 10.0. The van der Waals surface area contributed by atoms with Crippen LogP contribution in [0.1, 0.15) is 29.8 Å². The second-order valence-corrected chi connectivity index (χ2v) is 4.21. The van der Waals surface area contributed by atoms with E-state index < -0.39 is 5.82 Å². The first kappa shape index (κ1) is 12.5. The number of nitrogen functional groups attached to an aromatic ring is 1. The van der Waals surface area contributed by atoms with E-state index in [2.05, 4.69) is 0 Å². The van der Waals surface area contributed by atoms with E-state index in [4.69, 9.17) is 5.73 Å². The van der Waals surface area contributed by atoms with Gasteiger partial charge in [-0.15, -0.1) is 0 Å². The molecule has 0 unspecified atom stereocenters. The van der Waals surface area contributed by atoms with E-state index in [-0.39, 0.29) is 17.5 Å². The van der Waals surface area contributed by atoms with Gasteiger partial charge in [0, 0.05) is 18.8 Å². The lowest BCUT2D eigenvalue weighted by Gasteiger charge is -2.22. The van der Waals surface area contributed by atoms with Crippen LogP contribution in [0.15, 0.2) is 12.1 Å². The highest BCUT2D eigenvalue weighted by Gasteiger charge is 2.19. The van der Waals surface area contributed by atoms with Gasteiger partial charge in [-0.05, 0) is 38.5 Å². The summed E-state index contributed by atoms with van der Waals surface area (Å²) in [6.45, 7) is 5.34. The van der Waals surface area contributed by atoms with Crippen molar-refractivity contribution in [1.29, 1.82) is 0 Å². The van der Waals surface area contributed by atoms with Crippen molar-refractivity contribution in [2.45, 2.75) is 26.8 Å². The first-order chi connectivity index (χ1) is 7.34. The van der Waals surface area contributed by atoms with E-state index in [0.29, 0.717) is 11.3 Å². The zero-order chi connectivity index (χ0) is 12.5. The second kappa shape index (κ2) is 4.51. The molecule has 1 amide bonds.